The zero-order valence-electron chi connectivity index (χ0n) is 21.0. The van der Waals surface area contributed by atoms with E-state index >= 15 is 0 Å². The van der Waals surface area contributed by atoms with Crippen LogP contribution in [0.3, 0.4) is 0 Å². The standard InChI is InChI=1S/C29H43NO5/c30-27-24(16-23(32)25-26(27)29(34)21-9-5-4-8-20(21)28(25)33)35-19-13-11-18(12-14-19)22(31)15-10-17-6-2-1-3-7-17/h10,15,17-21,23-27,32H,1-9,11-14,16,30H2. The number of hydrogen-bond donors (Lipinski definition) is 2. The molecule has 194 valence electrons. The average molecular weight is 486 g/mol. The van der Waals surface area contributed by atoms with Gasteiger partial charge in [-0.25, -0.2) is 0 Å². The van der Waals surface area contributed by atoms with Gasteiger partial charge in [0.05, 0.1) is 24.2 Å². The minimum absolute atomic E-state index is 0.0157. The summed E-state index contributed by atoms with van der Waals surface area (Å²) < 4.78 is 6.39. The molecule has 5 aliphatic rings. The van der Waals surface area contributed by atoms with Crippen molar-refractivity contribution in [1.29, 1.82) is 0 Å². The fraction of sp³-hybridized carbons (Fsp3) is 0.828. The normalized spacial score (nSPS) is 43.1. The summed E-state index contributed by atoms with van der Waals surface area (Å²) in [6, 6.07) is -0.555. The summed E-state index contributed by atoms with van der Waals surface area (Å²) in [6.07, 6.45) is 15.9. The van der Waals surface area contributed by atoms with Gasteiger partial charge in [0.15, 0.2) is 5.78 Å². The first-order valence-corrected chi connectivity index (χ1v) is 14.3. The Morgan fingerprint density at radius 3 is 2.09 bits per heavy atom. The van der Waals surface area contributed by atoms with E-state index in [1.165, 1.54) is 32.1 Å². The third-order valence-corrected chi connectivity index (χ3v) is 9.90. The van der Waals surface area contributed by atoms with E-state index in [9.17, 15) is 19.5 Å². The van der Waals surface area contributed by atoms with Crippen molar-refractivity contribution >= 4 is 17.3 Å². The molecule has 0 aliphatic heterocycles. The minimum Gasteiger partial charge on any atom is -0.392 e. The van der Waals surface area contributed by atoms with Crippen molar-refractivity contribution in [2.45, 2.75) is 114 Å². The van der Waals surface area contributed by atoms with Gasteiger partial charge < -0.3 is 15.6 Å². The van der Waals surface area contributed by atoms with Gasteiger partial charge in [-0.05, 0) is 63.4 Å². The first-order chi connectivity index (χ1) is 16.9. The molecule has 0 amide bonds. The van der Waals surface area contributed by atoms with Crippen LogP contribution in [0.25, 0.3) is 0 Å². The Morgan fingerprint density at radius 2 is 1.43 bits per heavy atom. The fourth-order valence-electron chi connectivity index (χ4n) is 7.86. The van der Waals surface area contributed by atoms with Gasteiger partial charge in [0, 0.05) is 36.1 Å². The molecule has 5 aliphatic carbocycles. The molecule has 5 rings (SSSR count). The maximum atomic E-state index is 13.4. The molecule has 0 aromatic carbocycles. The number of carbonyl (C=O) groups excluding carboxylic acids is 3. The molecule has 0 aromatic heterocycles. The number of nitrogens with two attached hydrogens (primary N) is 1. The van der Waals surface area contributed by atoms with Crippen LogP contribution in [0.2, 0.25) is 0 Å². The third-order valence-electron chi connectivity index (χ3n) is 9.90. The highest BCUT2D eigenvalue weighted by Crippen LogP contribution is 2.47. The summed E-state index contributed by atoms with van der Waals surface area (Å²) in [5.74, 6) is -0.734. The summed E-state index contributed by atoms with van der Waals surface area (Å²) in [5, 5.41) is 10.9. The smallest absolute Gasteiger partial charge is 0.158 e. The Balaban J connectivity index is 1.16. The number of allylic oxidation sites excluding steroid dienone is 2. The van der Waals surface area contributed by atoms with E-state index in [0.29, 0.717) is 12.3 Å². The van der Waals surface area contributed by atoms with Gasteiger partial charge in [-0.15, -0.1) is 0 Å². The molecule has 7 atom stereocenters. The number of ether oxygens (including phenoxy) is 1. The van der Waals surface area contributed by atoms with Crippen molar-refractivity contribution in [1.82, 2.24) is 0 Å². The highest BCUT2D eigenvalue weighted by molar-refractivity contribution is 6.00. The predicted octanol–water partition coefficient (Wildman–Crippen LogP) is 3.92. The molecule has 5 fully saturated rings. The van der Waals surface area contributed by atoms with Crippen LogP contribution >= 0.6 is 0 Å². The number of carbonyl (C=O) groups is 3. The van der Waals surface area contributed by atoms with Crippen molar-refractivity contribution in [3.63, 3.8) is 0 Å². The van der Waals surface area contributed by atoms with Crippen LogP contribution in [0.4, 0.5) is 0 Å². The molecule has 3 N–H and O–H groups in total. The zero-order chi connectivity index (χ0) is 24.5. The zero-order valence-corrected chi connectivity index (χ0v) is 21.0. The lowest BCUT2D eigenvalue weighted by atomic mass is 9.56. The highest BCUT2D eigenvalue weighted by Gasteiger charge is 2.57. The molecule has 35 heavy (non-hydrogen) atoms. The lowest BCUT2D eigenvalue weighted by Gasteiger charge is -2.50. The molecule has 0 heterocycles. The van der Waals surface area contributed by atoms with Crippen LogP contribution < -0.4 is 5.73 Å². The van der Waals surface area contributed by atoms with Crippen molar-refractivity contribution < 1.29 is 24.2 Å². The van der Waals surface area contributed by atoms with E-state index in [4.69, 9.17) is 10.5 Å². The molecule has 0 radical (unpaired) electrons. The fourth-order valence-corrected chi connectivity index (χ4v) is 7.86. The number of aliphatic hydroxyl groups excluding tert-OH is 1. The maximum Gasteiger partial charge on any atom is 0.158 e. The summed E-state index contributed by atoms with van der Waals surface area (Å²) in [6.45, 7) is 0. The van der Waals surface area contributed by atoms with Crippen molar-refractivity contribution in [2.75, 3.05) is 0 Å². The molecule has 0 bridgehead atoms. The predicted molar refractivity (Wildman–Crippen MR) is 132 cm³/mol. The van der Waals surface area contributed by atoms with Crippen LogP contribution in [0.1, 0.15) is 89.9 Å². The van der Waals surface area contributed by atoms with Crippen LogP contribution in [-0.4, -0.2) is 46.8 Å². The van der Waals surface area contributed by atoms with Crippen LogP contribution in [0.15, 0.2) is 12.2 Å². The monoisotopic (exact) mass is 485 g/mol. The molecule has 6 heteroatoms. The van der Waals surface area contributed by atoms with Gasteiger partial charge in [-0.2, -0.15) is 0 Å². The van der Waals surface area contributed by atoms with Crippen LogP contribution in [0.5, 0.6) is 0 Å². The van der Waals surface area contributed by atoms with Gasteiger partial charge in [-0.3, -0.25) is 14.4 Å². The Hall–Kier alpha value is -1.37. The molecule has 5 saturated carbocycles. The van der Waals surface area contributed by atoms with E-state index in [1.54, 1.807) is 0 Å². The Bertz CT molecular complexity index is 825. The second-order valence-corrected chi connectivity index (χ2v) is 12.0. The maximum absolute atomic E-state index is 13.4. The first-order valence-electron chi connectivity index (χ1n) is 14.3. The van der Waals surface area contributed by atoms with Crippen molar-refractivity contribution in [3.8, 4) is 0 Å². The Morgan fingerprint density at radius 1 is 0.829 bits per heavy atom. The largest absolute Gasteiger partial charge is 0.392 e. The lowest BCUT2D eigenvalue weighted by Crippen LogP contribution is -2.64. The van der Waals surface area contributed by atoms with Gasteiger partial charge >= 0.3 is 0 Å². The molecular formula is C29H43NO5. The lowest BCUT2D eigenvalue weighted by molar-refractivity contribution is -0.168. The molecule has 6 nitrogen and oxygen atoms in total. The summed E-state index contributed by atoms with van der Waals surface area (Å²) in [7, 11) is 0. The van der Waals surface area contributed by atoms with Crippen molar-refractivity contribution in [2.24, 2.45) is 41.2 Å². The molecule has 0 aromatic rings. The quantitative estimate of drug-likeness (QED) is 0.572. The van der Waals surface area contributed by atoms with E-state index in [0.717, 1.165) is 51.4 Å². The first kappa shape index (κ1) is 25.3. The molecule has 0 saturated heterocycles. The van der Waals surface area contributed by atoms with Gasteiger partial charge in [-0.1, -0.05) is 38.2 Å². The average Bonchev–Trinajstić information content (AvgIpc) is 2.89. The van der Waals surface area contributed by atoms with E-state index in [1.807, 2.05) is 6.08 Å². The highest BCUT2D eigenvalue weighted by atomic mass is 16.5. The van der Waals surface area contributed by atoms with Gasteiger partial charge in [0.2, 0.25) is 0 Å². The molecule has 0 spiro atoms. The number of rotatable bonds is 5. The Kier molecular flexibility index (Phi) is 7.90. The second-order valence-electron chi connectivity index (χ2n) is 12.0. The number of ketones is 3. The van der Waals surface area contributed by atoms with Crippen LogP contribution in [0, 0.1) is 35.5 Å². The van der Waals surface area contributed by atoms with Crippen LogP contribution in [-0.2, 0) is 19.1 Å². The topological polar surface area (TPSA) is 107 Å². The van der Waals surface area contributed by atoms with E-state index in [-0.39, 0.29) is 41.2 Å². The van der Waals surface area contributed by atoms with Gasteiger partial charge in [0.25, 0.3) is 0 Å². The summed E-state index contributed by atoms with van der Waals surface area (Å²) >= 11 is 0. The summed E-state index contributed by atoms with van der Waals surface area (Å²) in [4.78, 5) is 39.3. The Labute approximate surface area is 209 Å². The third kappa shape index (κ3) is 5.21. The number of aliphatic hydroxyl groups is 1. The van der Waals surface area contributed by atoms with E-state index < -0.39 is 30.1 Å². The number of hydrogen-bond acceptors (Lipinski definition) is 6. The van der Waals surface area contributed by atoms with Crippen molar-refractivity contribution in [3.05, 3.63) is 12.2 Å². The van der Waals surface area contributed by atoms with Gasteiger partial charge in [0.1, 0.15) is 11.6 Å². The minimum atomic E-state index is -0.869. The second kappa shape index (κ2) is 10.9. The summed E-state index contributed by atoms with van der Waals surface area (Å²) in [5.41, 5.74) is 6.60. The number of Topliss-reactive ketones (excluding diaryl/α,β-unsaturated/α-hetero) is 2. The molecular weight excluding hydrogens is 442 g/mol. The SMILES string of the molecule is NC1C(OC2CCC(C(=O)C=CC3CCCCC3)CC2)CC(O)C2C(=O)C3CCCCC3C(=O)C12. The molecule has 7 unspecified atom stereocenters. The number of fused-ring (bicyclic) bond motifs is 2. The van der Waals surface area contributed by atoms with E-state index in [2.05, 4.69) is 6.08 Å².